The van der Waals surface area contributed by atoms with Crippen LogP contribution in [0.1, 0.15) is 104 Å². The van der Waals surface area contributed by atoms with Crippen molar-refractivity contribution in [3.8, 4) is 0 Å². The monoisotopic (exact) mass is 423 g/mol. The van der Waals surface area contributed by atoms with Crippen LogP contribution in [0.15, 0.2) is 4.99 Å². The van der Waals surface area contributed by atoms with Crippen molar-refractivity contribution in [1.29, 1.82) is 0 Å². The summed E-state index contributed by atoms with van der Waals surface area (Å²) in [6.07, 6.45) is 19.4. The second kappa shape index (κ2) is 18.8. The van der Waals surface area contributed by atoms with Gasteiger partial charge in [0.15, 0.2) is 0 Å². The largest absolute Gasteiger partial charge is 0.392 e. The second-order valence-corrected chi connectivity index (χ2v) is 9.06. The number of aliphatic hydroxyl groups is 1. The Kier molecular flexibility index (Phi) is 17.0. The first-order chi connectivity index (χ1) is 14.6. The Morgan fingerprint density at radius 1 is 1.07 bits per heavy atom. The summed E-state index contributed by atoms with van der Waals surface area (Å²) in [6, 6.07) is 0. The Balaban J connectivity index is 1.91. The first kappa shape index (κ1) is 27.1. The zero-order valence-corrected chi connectivity index (χ0v) is 19.9. The number of hydrogen-bond donors (Lipinski definition) is 2. The Hall–Kier alpha value is -0.940. The van der Waals surface area contributed by atoms with Gasteiger partial charge in [-0.1, -0.05) is 84.0 Å². The van der Waals surface area contributed by atoms with Crippen LogP contribution in [-0.2, 0) is 4.79 Å². The zero-order valence-electron chi connectivity index (χ0n) is 19.9. The van der Waals surface area contributed by atoms with Gasteiger partial charge >= 0.3 is 0 Å². The lowest BCUT2D eigenvalue weighted by molar-refractivity contribution is -0.132. The molecule has 1 heterocycles. The van der Waals surface area contributed by atoms with E-state index in [4.69, 9.17) is 0 Å². The Morgan fingerprint density at radius 3 is 2.30 bits per heavy atom. The summed E-state index contributed by atoms with van der Waals surface area (Å²) in [7, 11) is 0. The lowest BCUT2D eigenvalue weighted by atomic mass is 10.0. The maximum absolute atomic E-state index is 12.3. The Morgan fingerprint density at radius 2 is 1.67 bits per heavy atom. The van der Waals surface area contributed by atoms with Gasteiger partial charge in [-0.2, -0.15) is 0 Å². The van der Waals surface area contributed by atoms with Crippen LogP contribution in [0.3, 0.4) is 0 Å². The van der Waals surface area contributed by atoms with Crippen LogP contribution < -0.4 is 5.32 Å². The number of carbonyl (C=O) groups is 1. The van der Waals surface area contributed by atoms with Crippen LogP contribution in [0.4, 0.5) is 0 Å². The quantitative estimate of drug-likeness (QED) is 0.306. The van der Waals surface area contributed by atoms with Gasteiger partial charge < -0.3 is 15.3 Å². The molecule has 1 aliphatic rings. The van der Waals surface area contributed by atoms with Crippen molar-refractivity contribution in [2.75, 3.05) is 32.7 Å². The number of amides is 1. The number of hydrogen-bond acceptors (Lipinski definition) is 4. The highest BCUT2D eigenvalue weighted by Crippen LogP contribution is 2.13. The summed E-state index contributed by atoms with van der Waals surface area (Å²) in [5.41, 5.74) is 0. The van der Waals surface area contributed by atoms with Crippen molar-refractivity contribution in [3.63, 3.8) is 0 Å². The molecule has 0 bridgehead atoms. The molecule has 0 spiro atoms. The van der Waals surface area contributed by atoms with Crippen LogP contribution >= 0.6 is 0 Å². The fourth-order valence-electron chi connectivity index (χ4n) is 4.08. The highest BCUT2D eigenvalue weighted by atomic mass is 16.3. The summed E-state index contributed by atoms with van der Waals surface area (Å²) in [5.74, 6) is 0.0407. The molecule has 0 aromatic rings. The van der Waals surface area contributed by atoms with Crippen molar-refractivity contribution in [2.24, 2.45) is 10.9 Å². The van der Waals surface area contributed by atoms with Gasteiger partial charge in [-0.05, 0) is 19.8 Å². The standard InChI is InChI=1S/C25H49N3O2/c1-3-4-5-6-7-8-9-10-11-12-13-14-16-24(29)22-27-18-20-28-19-15-17-26-21-23(2)25(28)30/h21,23-24,27,29H,3-20,22H2,1-2H3/b26-21-. The maximum Gasteiger partial charge on any atom is 0.230 e. The van der Waals surface area contributed by atoms with E-state index in [1.165, 1.54) is 70.6 Å². The summed E-state index contributed by atoms with van der Waals surface area (Å²) in [4.78, 5) is 18.5. The van der Waals surface area contributed by atoms with Gasteiger partial charge in [-0.15, -0.1) is 0 Å². The normalized spacial score (nSPS) is 19.5. The highest BCUT2D eigenvalue weighted by Gasteiger charge is 2.19. The van der Waals surface area contributed by atoms with Gasteiger partial charge in [0.2, 0.25) is 5.91 Å². The van der Waals surface area contributed by atoms with E-state index in [1.54, 1.807) is 6.21 Å². The van der Waals surface area contributed by atoms with Gasteiger partial charge in [0.1, 0.15) is 0 Å². The minimum absolute atomic E-state index is 0.123. The zero-order chi connectivity index (χ0) is 21.9. The summed E-state index contributed by atoms with van der Waals surface area (Å²) < 4.78 is 0. The Bertz CT molecular complexity index is 442. The molecule has 0 fully saturated rings. The average molecular weight is 424 g/mol. The van der Waals surface area contributed by atoms with E-state index < -0.39 is 0 Å². The van der Waals surface area contributed by atoms with Crippen LogP contribution in [0, 0.1) is 5.92 Å². The minimum atomic E-state index is -0.276. The van der Waals surface area contributed by atoms with Crippen molar-refractivity contribution in [3.05, 3.63) is 0 Å². The molecule has 0 aromatic carbocycles. The third-order valence-corrected chi connectivity index (χ3v) is 6.07. The molecule has 5 heteroatoms. The molecule has 5 nitrogen and oxygen atoms in total. The van der Waals surface area contributed by atoms with Crippen LogP contribution in [0.25, 0.3) is 0 Å². The number of aliphatic imine (C=N–C) groups is 1. The predicted octanol–water partition coefficient (Wildman–Crippen LogP) is 4.97. The van der Waals surface area contributed by atoms with Crippen molar-refractivity contribution < 1.29 is 9.90 Å². The molecule has 2 N–H and O–H groups in total. The molecule has 0 aliphatic carbocycles. The van der Waals surface area contributed by atoms with Gasteiger partial charge in [0, 0.05) is 38.9 Å². The highest BCUT2D eigenvalue weighted by molar-refractivity contribution is 5.93. The molecule has 2 atom stereocenters. The van der Waals surface area contributed by atoms with E-state index in [-0.39, 0.29) is 17.9 Å². The van der Waals surface area contributed by atoms with Crippen molar-refractivity contribution in [2.45, 2.75) is 110 Å². The third-order valence-electron chi connectivity index (χ3n) is 6.07. The Labute approximate surface area is 186 Å². The molecule has 1 aliphatic heterocycles. The predicted molar refractivity (Wildman–Crippen MR) is 128 cm³/mol. The molecule has 0 saturated heterocycles. The number of carbonyl (C=O) groups excluding carboxylic acids is 1. The topological polar surface area (TPSA) is 64.9 Å². The average Bonchev–Trinajstić information content (AvgIpc) is 2.74. The minimum Gasteiger partial charge on any atom is -0.392 e. The van der Waals surface area contributed by atoms with Gasteiger partial charge in [0.25, 0.3) is 0 Å². The fraction of sp³-hybridized carbons (Fsp3) is 0.920. The number of nitrogens with one attached hydrogen (secondary N) is 1. The summed E-state index contributed by atoms with van der Waals surface area (Å²) in [6.45, 7) is 7.84. The summed E-state index contributed by atoms with van der Waals surface area (Å²) >= 11 is 0. The molecular weight excluding hydrogens is 374 g/mol. The smallest absolute Gasteiger partial charge is 0.230 e. The van der Waals surface area contributed by atoms with Gasteiger partial charge in [-0.3, -0.25) is 9.79 Å². The van der Waals surface area contributed by atoms with E-state index in [0.717, 1.165) is 38.9 Å². The molecule has 176 valence electrons. The van der Waals surface area contributed by atoms with Gasteiger partial charge in [0.05, 0.1) is 12.0 Å². The number of nitrogens with zero attached hydrogens (tertiary/aromatic N) is 2. The number of aliphatic hydroxyl groups excluding tert-OH is 1. The first-order valence-corrected chi connectivity index (χ1v) is 12.8. The molecule has 0 aromatic heterocycles. The molecule has 2 unspecified atom stereocenters. The van der Waals surface area contributed by atoms with Crippen molar-refractivity contribution >= 4 is 12.1 Å². The molecule has 0 saturated carbocycles. The summed E-state index contributed by atoms with van der Waals surface area (Å²) in [5, 5.41) is 13.5. The lowest BCUT2D eigenvalue weighted by Crippen LogP contribution is -2.42. The second-order valence-electron chi connectivity index (χ2n) is 9.06. The SMILES string of the molecule is CCCCCCCCCCCCCCC(O)CNCCN1CCC/N=C\C(C)C1=O. The van der Waals surface area contributed by atoms with E-state index in [9.17, 15) is 9.90 Å². The number of unbranched alkanes of at least 4 members (excludes halogenated alkanes) is 11. The molecule has 30 heavy (non-hydrogen) atoms. The number of rotatable bonds is 18. The fourth-order valence-corrected chi connectivity index (χ4v) is 4.08. The molecule has 1 rings (SSSR count). The van der Waals surface area contributed by atoms with E-state index >= 15 is 0 Å². The molecule has 1 amide bonds. The van der Waals surface area contributed by atoms with E-state index in [2.05, 4.69) is 17.2 Å². The maximum atomic E-state index is 12.3. The lowest BCUT2D eigenvalue weighted by Gasteiger charge is -2.26. The van der Waals surface area contributed by atoms with Gasteiger partial charge in [-0.25, -0.2) is 0 Å². The van der Waals surface area contributed by atoms with E-state index in [0.29, 0.717) is 13.1 Å². The third kappa shape index (κ3) is 14.1. The van der Waals surface area contributed by atoms with Crippen LogP contribution in [-0.4, -0.2) is 61.0 Å². The van der Waals surface area contributed by atoms with E-state index in [1.807, 2.05) is 11.8 Å². The van der Waals surface area contributed by atoms with Crippen molar-refractivity contribution in [1.82, 2.24) is 10.2 Å². The molecular formula is C25H49N3O2. The molecule has 0 radical (unpaired) electrons. The first-order valence-electron chi connectivity index (χ1n) is 12.8. The van der Waals surface area contributed by atoms with Crippen LogP contribution in [0.2, 0.25) is 0 Å². The van der Waals surface area contributed by atoms with Crippen LogP contribution in [0.5, 0.6) is 0 Å².